The van der Waals surface area contributed by atoms with Gasteiger partial charge in [-0.1, -0.05) is 12.1 Å². The first-order chi connectivity index (χ1) is 17.2. The number of aromatic nitrogens is 1. The standard InChI is InChI=1S/C28H29N3O3S/c1-2-33-20-13-11-19(12-14-20)26-24-9-5-15-30(24)27-23(22-8-3-4-10-25(22)35-27)18-31(26)28(32)29-17-21-7-6-16-34-21/h5-7,9,11-16,26H,2-4,8,10,17-18H2,1H3,(H,29,32). The fourth-order valence-electron chi connectivity index (χ4n) is 5.33. The smallest absolute Gasteiger partial charge is 0.318 e. The van der Waals surface area contributed by atoms with Crippen molar-refractivity contribution in [3.63, 3.8) is 0 Å². The van der Waals surface area contributed by atoms with Crippen molar-refractivity contribution in [2.24, 2.45) is 0 Å². The topological polar surface area (TPSA) is 59.6 Å². The van der Waals surface area contributed by atoms with Crippen molar-refractivity contribution in [1.29, 1.82) is 0 Å². The summed E-state index contributed by atoms with van der Waals surface area (Å²) < 4.78 is 13.4. The number of nitrogens with one attached hydrogen (secondary N) is 1. The average Bonchev–Trinajstić information content (AvgIpc) is 3.63. The Bertz CT molecular complexity index is 1320. The van der Waals surface area contributed by atoms with E-state index < -0.39 is 0 Å². The summed E-state index contributed by atoms with van der Waals surface area (Å²) in [7, 11) is 0. The van der Waals surface area contributed by atoms with Crippen LogP contribution in [-0.4, -0.2) is 22.1 Å². The largest absolute Gasteiger partial charge is 0.494 e. The number of rotatable bonds is 5. The highest BCUT2D eigenvalue weighted by molar-refractivity contribution is 7.15. The SMILES string of the molecule is CCOc1ccc(C2c3cccn3-c3sc4c(c3CN2C(=O)NCc2ccco2)CCCC4)cc1. The first-order valence-corrected chi connectivity index (χ1v) is 13.1. The molecule has 1 N–H and O–H groups in total. The van der Waals surface area contributed by atoms with Crippen molar-refractivity contribution in [3.8, 4) is 10.8 Å². The molecular weight excluding hydrogens is 458 g/mol. The Balaban J connectivity index is 1.44. The van der Waals surface area contributed by atoms with Crippen LogP contribution in [0.15, 0.2) is 65.4 Å². The Kier molecular flexibility index (Phi) is 5.86. The molecule has 0 spiro atoms. The van der Waals surface area contributed by atoms with Gasteiger partial charge in [0, 0.05) is 16.6 Å². The van der Waals surface area contributed by atoms with Crippen LogP contribution in [0.4, 0.5) is 4.79 Å². The van der Waals surface area contributed by atoms with E-state index in [4.69, 9.17) is 9.15 Å². The first-order valence-electron chi connectivity index (χ1n) is 12.3. The summed E-state index contributed by atoms with van der Waals surface area (Å²) in [4.78, 5) is 17.2. The average molecular weight is 488 g/mol. The Morgan fingerprint density at radius 1 is 1.11 bits per heavy atom. The maximum absolute atomic E-state index is 13.8. The number of nitrogens with zero attached hydrogens (tertiary/aromatic N) is 2. The lowest BCUT2D eigenvalue weighted by molar-refractivity contribution is 0.179. The molecule has 6 nitrogen and oxygen atoms in total. The third-order valence-electron chi connectivity index (χ3n) is 6.94. The molecule has 0 saturated carbocycles. The second-order valence-corrected chi connectivity index (χ2v) is 10.2. The minimum Gasteiger partial charge on any atom is -0.494 e. The van der Waals surface area contributed by atoms with Gasteiger partial charge >= 0.3 is 6.03 Å². The quantitative estimate of drug-likeness (QED) is 0.363. The Hall–Kier alpha value is -3.45. The summed E-state index contributed by atoms with van der Waals surface area (Å²) >= 11 is 1.90. The number of hydrogen-bond acceptors (Lipinski definition) is 4. The third kappa shape index (κ3) is 4.04. The maximum Gasteiger partial charge on any atom is 0.318 e. The summed E-state index contributed by atoms with van der Waals surface area (Å²) in [6.45, 7) is 3.53. The predicted octanol–water partition coefficient (Wildman–Crippen LogP) is 6.22. The number of urea groups is 1. The zero-order valence-electron chi connectivity index (χ0n) is 19.8. The van der Waals surface area contributed by atoms with E-state index in [0.29, 0.717) is 19.7 Å². The van der Waals surface area contributed by atoms with E-state index in [9.17, 15) is 4.79 Å². The number of ether oxygens (including phenoxy) is 1. The highest BCUT2D eigenvalue weighted by atomic mass is 32.1. The van der Waals surface area contributed by atoms with E-state index in [-0.39, 0.29) is 12.1 Å². The van der Waals surface area contributed by atoms with Crippen molar-refractivity contribution in [2.75, 3.05) is 6.61 Å². The lowest BCUT2D eigenvalue weighted by Crippen LogP contribution is -2.41. The fraction of sp³-hybridized carbons (Fsp3) is 0.321. The Morgan fingerprint density at radius 3 is 2.77 bits per heavy atom. The van der Waals surface area contributed by atoms with Gasteiger partial charge in [-0.3, -0.25) is 0 Å². The summed E-state index contributed by atoms with van der Waals surface area (Å²) in [5, 5.41) is 4.36. The van der Waals surface area contributed by atoms with Crippen LogP contribution in [0, 0.1) is 0 Å². The van der Waals surface area contributed by atoms with Crippen molar-refractivity contribution >= 4 is 17.4 Å². The molecule has 2 amide bonds. The number of fused-ring (bicyclic) bond motifs is 5. The van der Waals surface area contributed by atoms with Crippen LogP contribution >= 0.6 is 11.3 Å². The van der Waals surface area contributed by atoms with Gasteiger partial charge in [-0.05, 0) is 80.1 Å². The molecule has 180 valence electrons. The highest BCUT2D eigenvalue weighted by Gasteiger charge is 2.36. The van der Waals surface area contributed by atoms with E-state index in [2.05, 4.69) is 40.3 Å². The molecule has 0 bridgehead atoms. The van der Waals surface area contributed by atoms with E-state index in [1.807, 2.05) is 47.4 Å². The summed E-state index contributed by atoms with van der Waals surface area (Å²) in [5.41, 5.74) is 4.90. The maximum atomic E-state index is 13.8. The van der Waals surface area contributed by atoms with Gasteiger partial charge in [0.05, 0.1) is 37.7 Å². The van der Waals surface area contributed by atoms with Crippen LogP contribution in [0.25, 0.3) is 5.00 Å². The number of thiophene rings is 1. The number of amides is 2. The lowest BCUT2D eigenvalue weighted by Gasteiger charge is -2.31. The summed E-state index contributed by atoms with van der Waals surface area (Å²) in [6, 6.07) is 15.8. The van der Waals surface area contributed by atoms with Crippen LogP contribution in [0.5, 0.6) is 5.75 Å². The molecule has 4 aromatic rings. The Morgan fingerprint density at radius 2 is 1.97 bits per heavy atom. The fourth-order valence-corrected chi connectivity index (χ4v) is 6.73. The van der Waals surface area contributed by atoms with E-state index in [1.54, 1.807) is 6.26 Å². The van der Waals surface area contributed by atoms with Crippen LogP contribution in [0.1, 0.15) is 58.8 Å². The van der Waals surface area contributed by atoms with Crippen LogP contribution < -0.4 is 10.1 Å². The zero-order chi connectivity index (χ0) is 23.8. The highest BCUT2D eigenvalue weighted by Crippen LogP contribution is 2.44. The molecule has 2 aliphatic rings. The second-order valence-electron chi connectivity index (χ2n) is 9.07. The van der Waals surface area contributed by atoms with Gasteiger partial charge in [0.15, 0.2) is 0 Å². The van der Waals surface area contributed by atoms with Gasteiger partial charge in [0.1, 0.15) is 16.5 Å². The van der Waals surface area contributed by atoms with Gasteiger partial charge in [0.25, 0.3) is 0 Å². The predicted molar refractivity (Wildman–Crippen MR) is 136 cm³/mol. The van der Waals surface area contributed by atoms with Gasteiger partial charge in [-0.15, -0.1) is 11.3 Å². The van der Waals surface area contributed by atoms with Gasteiger partial charge in [-0.2, -0.15) is 0 Å². The number of benzene rings is 1. The molecule has 35 heavy (non-hydrogen) atoms. The molecule has 0 fully saturated rings. The molecule has 0 radical (unpaired) electrons. The molecular formula is C28H29N3O3S. The normalized spacial score (nSPS) is 16.7. The van der Waals surface area contributed by atoms with Crippen molar-refractivity contribution < 1.29 is 13.9 Å². The lowest BCUT2D eigenvalue weighted by atomic mass is 9.95. The number of aryl methyl sites for hydroxylation is 1. The molecule has 1 aliphatic carbocycles. The summed E-state index contributed by atoms with van der Waals surface area (Å²) in [6.07, 6.45) is 8.45. The zero-order valence-corrected chi connectivity index (χ0v) is 20.6. The van der Waals surface area contributed by atoms with Crippen LogP contribution in [0.3, 0.4) is 0 Å². The molecule has 1 aromatic carbocycles. The molecule has 1 unspecified atom stereocenters. The molecule has 1 atom stereocenters. The minimum absolute atomic E-state index is 0.100. The number of furan rings is 1. The van der Waals surface area contributed by atoms with Gasteiger partial charge in [-0.25, -0.2) is 4.79 Å². The molecule has 1 aliphatic heterocycles. The second kappa shape index (κ2) is 9.30. The van der Waals surface area contributed by atoms with Gasteiger partial charge in [0.2, 0.25) is 0 Å². The van der Waals surface area contributed by atoms with E-state index >= 15 is 0 Å². The van der Waals surface area contributed by atoms with Crippen molar-refractivity contribution in [1.82, 2.24) is 14.8 Å². The van der Waals surface area contributed by atoms with Gasteiger partial charge < -0.3 is 23.9 Å². The Labute approximate surface area is 209 Å². The van der Waals surface area contributed by atoms with Crippen molar-refractivity contribution in [3.05, 3.63) is 94.0 Å². The van der Waals surface area contributed by atoms with E-state index in [0.717, 1.165) is 35.6 Å². The molecule has 7 heteroatoms. The number of carbonyl (C=O) groups excluding carboxylic acids is 1. The molecule has 6 rings (SSSR count). The monoisotopic (exact) mass is 487 g/mol. The van der Waals surface area contributed by atoms with E-state index in [1.165, 1.54) is 33.8 Å². The number of carbonyl (C=O) groups is 1. The molecule has 4 heterocycles. The third-order valence-corrected chi connectivity index (χ3v) is 8.27. The summed E-state index contributed by atoms with van der Waals surface area (Å²) in [5.74, 6) is 1.57. The molecule has 0 saturated heterocycles. The van der Waals surface area contributed by atoms with Crippen LogP contribution in [-0.2, 0) is 25.9 Å². The van der Waals surface area contributed by atoms with Crippen LogP contribution in [0.2, 0.25) is 0 Å². The minimum atomic E-state index is -0.226. The molecule has 3 aromatic heterocycles. The first kappa shape index (κ1) is 22.0. The number of hydrogen-bond donors (Lipinski definition) is 1. The van der Waals surface area contributed by atoms with Crippen molar-refractivity contribution in [2.45, 2.75) is 51.7 Å².